The molecule has 0 spiro atoms. The van der Waals surface area contributed by atoms with Gasteiger partial charge in [0, 0.05) is 28.8 Å². The van der Waals surface area contributed by atoms with E-state index in [4.69, 9.17) is 4.74 Å². The second-order valence-corrected chi connectivity index (χ2v) is 7.41. The molecule has 29 heavy (non-hydrogen) atoms. The Morgan fingerprint density at radius 2 is 2.00 bits per heavy atom. The van der Waals surface area contributed by atoms with E-state index in [0.717, 1.165) is 34.0 Å². The zero-order chi connectivity index (χ0) is 20.4. The van der Waals surface area contributed by atoms with E-state index in [2.05, 4.69) is 25.4 Å². The van der Waals surface area contributed by atoms with Crippen LogP contribution < -0.4 is 10.1 Å². The summed E-state index contributed by atoms with van der Waals surface area (Å²) in [6.45, 7) is 3.89. The van der Waals surface area contributed by atoms with Gasteiger partial charge in [0.2, 0.25) is 5.91 Å². The van der Waals surface area contributed by atoms with Gasteiger partial charge in [-0.25, -0.2) is 14.5 Å². The number of fused-ring (bicyclic) bond motifs is 1. The van der Waals surface area contributed by atoms with Gasteiger partial charge in [-0.3, -0.25) is 4.79 Å². The fourth-order valence-electron chi connectivity index (χ4n) is 3.16. The number of amides is 1. The normalized spacial score (nSPS) is 11.0. The van der Waals surface area contributed by atoms with Crippen molar-refractivity contribution in [2.24, 2.45) is 0 Å². The van der Waals surface area contributed by atoms with Crippen LogP contribution in [-0.4, -0.2) is 37.6 Å². The average molecular weight is 408 g/mol. The molecule has 1 amide bonds. The van der Waals surface area contributed by atoms with Crippen molar-refractivity contribution in [1.82, 2.24) is 24.6 Å². The van der Waals surface area contributed by atoms with Gasteiger partial charge < -0.3 is 10.1 Å². The molecule has 0 saturated heterocycles. The van der Waals surface area contributed by atoms with Crippen LogP contribution >= 0.6 is 11.3 Å². The fourth-order valence-corrected chi connectivity index (χ4v) is 3.90. The number of ether oxygens (including phenoxy) is 1. The molecule has 0 atom stereocenters. The van der Waals surface area contributed by atoms with E-state index < -0.39 is 0 Å². The molecule has 0 unspecified atom stereocenters. The highest BCUT2D eigenvalue weighted by Gasteiger charge is 2.14. The maximum atomic E-state index is 12.4. The number of aromatic nitrogens is 5. The van der Waals surface area contributed by atoms with Crippen molar-refractivity contribution in [1.29, 1.82) is 0 Å². The summed E-state index contributed by atoms with van der Waals surface area (Å²) in [6.07, 6.45) is 2.39. The van der Waals surface area contributed by atoms with E-state index in [1.54, 1.807) is 11.6 Å². The number of aryl methyl sites for hydroxylation is 2. The van der Waals surface area contributed by atoms with Gasteiger partial charge in [0.05, 0.1) is 12.8 Å². The maximum Gasteiger partial charge on any atom is 0.252 e. The molecule has 1 aromatic carbocycles. The van der Waals surface area contributed by atoms with E-state index in [9.17, 15) is 4.79 Å². The number of benzene rings is 1. The topological polar surface area (TPSA) is 94.3 Å². The summed E-state index contributed by atoms with van der Waals surface area (Å²) in [6, 6.07) is 7.66. The zero-order valence-corrected chi connectivity index (χ0v) is 17.2. The molecule has 148 valence electrons. The molecule has 0 saturated carbocycles. The third kappa shape index (κ3) is 3.95. The lowest BCUT2D eigenvalue weighted by Gasteiger charge is -2.10. The average Bonchev–Trinajstić information content (AvgIpc) is 3.37. The first kappa shape index (κ1) is 19.0. The van der Waals surface area contributed by atoms with Crippen LogP contribution in [0.5, 0.6) is 5.75 Å². The molecule has 0 fully saturated rings. The lowest BCUT2D eigenvalue weighted by Crippen LogP contribution is -2.14. The van der Waals surface area contributed by atoms with E-state index in [1.807, 2.05) is 43.5 Å². The van der Waals surface area contributed by atoms with Gasteiger partial charge in [-0.15, -0.1) is 11.3 Å². The minimum atomic E-state index is -0.0851. The molecule has 8 nitrogen and oxygen atoms in total. The Balaban J connectivity index is 1.41. The quantitative estimate of drug-likeness (QED) is 0.525. The number of carbonyl (C=O) groups is 1. The van der Waals surface area contributed by atoms with Crippen LogP contribution in [0.15, 0.2) is 36.0 Å². The summed E-state index contributed by atoms with van der Waals surface area (Å²) in [7, 11) is 1.63. The number of hydrogen-bond donors (Lipinski definition) is 1. The number of methoxy groups -OCH3 is 1. The van der Waals surface area contributed by atoms with Gasteiger partial charge in [0.1, 0.15) is 12.1 Å². The Kier molecular flexibility index (Phi) is 5.22. The predicted molar refractivity (Wildman–Crippen MR) is 111 cm³/mol. The summed E-state index contributed by atoms with van der Waals surface area (Å²) < 4.78 is 6.87. The van der Waals surface area contributed by atoms with Gasteiger partial charge in [0.15, 0.2) is 5.13 Å². The van der Waals surface area contributed by atoms with Gasteiger partial charge in [-0.05, 0) is 50.1 Å². The number of rotatable bonds is 6. The van der Waals surface area contributed by atoms with Gasteiger partial charge in [-0.2, -0.15) is 10.1 Å². The number of anilines is 1. The van der Waals surface area contributed by atoms with Gasteiger partial charge in [0.25, 0.3) is 5.78 Å². The molecule has 0 aliphatic heterocycles. The monoisotopic (exact) mass is 408 g/mol. The molecule has 0 aliphatic rings. The summed E-state index contributed by atoms with van der Waals surface area (Å²) in [5.74, 6) is 1.28. The smallest absolute Gasteiger partial charge is 0.252 e. The molecule has 4 aromatic rings. The Bertz CT molecular complexity index is 1170. The van der Waals surface area contributed by atoms with Crippen molar-refractivity contribution in [2.75, 3.05) is 12.4 Å². The van der Waals surface area contributed by atoms with Gasteiger partial charge >= 0.3 is 0 Å². The van der Waals surface area contributed by atoms with E-state index >= 15 is 0 Å². The first-order chi connectivity index (χ1) is 14.0. The molecule has 0 radical (unpaired) electrons. The minimum Gasteiger partial charge on any atom is -0.497 e. The molecule has 0 bridgehead atoms. The number of carbonyl (C=O) groups excluding carboxylic acids is 1. The molecule has 3 aromatic heterocycles. The van der Waals surface area contributed by atoms with Crippen LogP contribution in [0.2, 0.25) is 0 Å². The molecular weight excluding hydrogens is 388 g/mol. The fraction of sp³-hybridized carbons (Fsp3) is 0.250. The molecule has 1 N–H and O–H groups in total. The molecule has 9 heteroatoms. The summed E-state index contributed by atoms with van der Waals surface area (Å²) in [5.41, 5.74) is 4.62. The summed E-state index contributed by atoms with van der Waals surface area (Å²) in [5, 5.41) is 9.58. The number of nitrogens with zero attached hydrogens (tertiary/aromatic N) is 5. The van der Waals surface area contributed by atoms with Crippen LogP contribution in [0.4, 0.5) is 5.13 Å². The summed E-state index contributed by atoms with van der Waals surface area (Å²) in [4.78, 5) is 25.5. The number of thiazole rings is 1. The minimum absolute atomic E-state index is 0.0851. The Labute approximate surface area is 171 Å². The lowest BCUT2D eigenvalue weighted by molar-refractivity contribution is -0.116. The molecule has 0 aliphatic carbocycles. The van der Waals surface area contributed by atoms with Crippen LogP contribution in [0, 0.1) is 13.8 Å². The second-order valence-electron chi connectivity index (χ2n) is 6.55. The highest BCUT2D eigenvalue weighted by Crippen LogP contribution is 2.26. The van der Waals surface area contributed by atoms with Crippen LogP contribution in [0.3, 0.4) is 0 Å². The van der Waals surface area contributed by atoms with Crippen molar-refractivity contribution >= 4 is 28.2 Å². The van der Waals surface area contributed by atoms with E-state index in [1.165, 1.54) is 17.7 Å². The van der Waals surface area contributed by atoms with Crippen molar-refractivity contribution < 1.29 is 9.53 Å². The van der Waals surface area contributed by atoms with E-state index in [-0.39, 0.29) is 5.91 Å². The van der Waals surface area contributed by atoms with Crippen molar-refractivity contribution in [3.05, 3.63) is 52.9 Å². The maximum absolute atomic E-state index is 12.4. The first-order valence-corrected chi connectivity index (χ1v) is 9.98. The van der Waals surface area contributed by atoms with Crippen molar-refractivity contribution in [3.8, 4) is 17.0 Å². The largest absolute Gasteiger partial charge is 0.497 e. The number of nitrogens with one attached hydrogen (secondary N) is 1. The highest BCUT2D eigenvalue weighted by atomic mass is 32.1. The molecule has 3 heterocycles. The van der Waals surface area contributed by atoms with Crippen molar-refractivity contribution in [3.63, 3.8) is 0 Å². The van der Waals surface area contributed by atoms with Crippen LogP contribution in [0.1, 0.15) is 23.4 Å². The number of hydrogen-bond acceptors (Lipinski definition) is 7. The lowest BCUT2D eigenvalue weighted by atomic mass is 10.1. The molecule has 4 rings (SSSR count). The third-order valence-corrected chi connectivity index (χ3v) is 5.48. The summed E-state index contributed by atoms with van der Waals surface area (Å²) >= 11 is 1.40. The Morgan fingerprint density at radius 3 is 2.76 bits per heavy atom. The molecular formula is C20H20N6O2S. The first-order valence-electron chi connectivity index (χ1n) is 9.11. The second kappa shape index (κ2) is 7.96. The highest BCUT2D eigenvalue weighted by molar-refractivity contribution is 7.14. The van der Waals surface area contributed by atoms with Crippen molar-refractivity contribution in [2.45, 2.75) is 26.7 Å². The zero-order valence-electron chi connectivity index (χ0n) is 16.3. The Morgan fingerprint density at radius 1 is 1.21 bits per heavy atom. The van der Waals surface area contributed by atoms with Crippen LogP contribution in [-0.2, 0) is 11.2 Å². The third-order valence-electron chi connectivity index (χ3n) is 4.73. The predicted octanol–water partition coefficient (Wildman–Crippen LogP) is 3.44. The van der Waals surface area contributed by atoms with Crippen LogP contribution in [0.25, 0.3) is 17.0 Å². The Hall–Kier alpha value is -3.33. The SMILES string of the molecule is COc1ccc(-c2csc(NC(=O)CCc3c(C)nc4ncnn4c3C)n2)cc1. The standard InChI is InChI=1S/C20H20N6O2S/c1-12-16(13(2)26-19(23-12)21-11-22-26)8-9-18(27)25-20-24-17(10-29-20)14-4-6-15(28-3)7-5-14/h4-7,10-11H,8-9H2,1-3H3,(H,24,25,27). The van der Waals surface area contributed by atoms with Gasteiger partial charge in [-0.1, -0.05) is 0 Å². The van der Waals surface area contributed by atoms with E-state index in [0.29, 0.717) is 23.8 Å².